The van der Waals surface area contributed by atoms with Crippen molar-refractivity contribution in [3.63, 3.8) is 0 Å². The van der Waals surface area contributed by atoms with Crippen LogP contribution in [0.5, 0.6) is 0 Å². The molecule has 1 saturated carbocycles. The summed E-state index contributed by atoms with van der Waals surface area (Å²) in [4.78, 5) is 10.6. The molecule has 4 nitrogen and oxygen atoms in total. The Kier molecular flexibility index (Phi) is 3.25. The lowest BCUT2D eigenvalue weighted by atomic mass is 9.88. The van der Waals surface area contributed by atoms with Crippen LogP contribution < -0.4 is 0 Å². The van der Waals surface area contributed by atoms with Crippen LogP contribution >= 0.6 is 0 Å². The van der Waals surface area contributed by atoms with E-state index in [2.05, 4.69) is 0 Å². The van der Waals surface area contributed by atoms with Crippen molar-refractivity contribution >= 4 is 0 Å². The molecule has 76 valence electrons. The van der Waals surface area contributed by atoms with Gasteiger partial charge in [0.2, 0.25) is 5.54 Å². The molecule has 1 fully saturated rings. The maximum atomic E-state index is 10.9. The Morgan fingerprint density at radius 2 is 2.08 bits per heavy atom. The lowest BCUT2D eigenvalue weighted by Crippen LogP contribution is -2.46. The molecule has 0 radical (unpaired) electrons. The predicted octanol–water partition coefficient (Wildman–Crippen LogP) is 1.74. The Labute approximate surface area is 78.1 Å². The Morgan fingerprint density at radius 3 is 2.46 bits per heavy atom. The fourth-order valence-electron chi connectivity index (χ4n) is 2.17. The molecule has 0 heterocycles. The summed E-state index contributed by atoms with van der Waals surface area (Å²) >= 11 is 0. The molecule has 0 spiro atoms. The molecule has 1 atom stereocenters. The molecule has 0 amide bonds. The largest absolute Gasteiger partial charge is 0.386 e. The third-order valence-corrected chi connectivity index (χ3v) is 3.02. The normalized spacial score (nSPS) is 22.9. The molecule has 1 unspecified atom stereocenters. The summed E-state index contributed by atoms with van der Waals surface area (Å²) in [7, 11) is 0. The van der Waals surface area contributed by atoms with Crippen molar-refractivity contribution in [3.05, 3.63) is 10.1 Å². The van der Waals surface area contributed by atoms with Gasteiger partial charge in [-0.05, 0) is 19.3 Å². The van der Waals surface area contributed by atoms with Crippen molar-refractivity contribution in [2.45, 2.75) is 57.1 Å². The van der Waals surface area contributed by atoms with Crippen molar-refractivity contribution in [3.8, 4) is 0 Å². The smallest absolute Gasteiger partial charge is 0.247 e. The summed E-state index contributed by atoms with van der Waals surface area (Å²) in [5.74, 6) is 0. The van der Waals surface area contributed by atoms with E-state index >= 15 is 0 Å². The van der Waals surface area contributed by atoms with Crippen molar-refractivity contribution < 1.29 is 10.0 Å². The molecule has 4 heteroatoms. The van der Waals surface area contributed by atoms with Crippen LogP contribution in [-0.2, 0) is 0 Å². The first-order chi connectivity index (χ1) is 6.13. The summed E-state index contributed by atoms with van der Waals surface area (Å²) in [6.45, 7) is 1.94. The summed E-state index contributed by atoms with van der Waals surface area (Å²) in [6, 6.07) is 0. The van der Waals surface area contributed by atoms with E-state index in [1.165, 1.54) is 0 Å². The van der Waals surface area contributed by atoms with Gasteiger partial charge in [0.15, 0.2) is 0 Å². The monoisotopic (exact) mass is 187 g/mol. The first-order valence-electron chi connectivity index (χ1n) is 4.96. The number of rotatable bonds is 4. The number of hydrogen-bond donors (Lipinski definition) is 1. The molecular weight excluding hydrogens is 170 g/mol. The van der Waals surface area contributed by atoms with Crippen molar-refractivity contribution in [1.29, 1.82) is 0 Å². The van der Waals surface area contributed by atoms with Gasteiger partial charge < -0.3 is 5.11 Å². The van der Waals surface area contributed by atoms with Gasteiger partial charge in [0, 0.05) is 17.8 Å². The molecule has 1 aliphatic rings. The minimum atomic E-state index is -1.02. The van der Waals surface area contributed by atoms with Crippen LogP contribution in [-0.4, -0.2) is 21.7 Å². The SMILES string of the molecule is CCCC(O)C1([N+](=O)[O-])CCCC1. The molecule has 0 aromatic rings. The summed E-state index contributed by atoms with van der Waals surface area (Å²) in [5, 5.41) is 20.6. The van der Waals surface area contributed by atoms with E-state index < -0.39 is 11.6 Å². The van der Waals surface area contributed by atoms with E-state index in [-0.39, 0.29) is 4.92 Å². The third-order valence-electron chi connectivity index (χ3n) is 3.02. The zero-order valence-electron chi connectivity index (χ0n) is 8.03. The van der Waals surface area contributed by atoms with Crippen LogP contribution in [0.2, 0.25) is 0 Å². The van der Waals surface area contributed by atoms with E-state index in [1.807, 2.05) is 6.92 Å². The Balaban J connectivity index is 2.71. The number of nitro groups is 1. The zero-order chi connectivity index (χ0) is 9.90. The fourth-order valence-corrected chi connectivity index (χ4v) is 2.17. The van der Waals surface area contributed by atoms with Crippen LogP contribution in [0.15, 0.2) is 0 Å². The molecule has 1 aliphatic carbocycles. The summed E-state index contributed by atoms with van der Waals surface area (Å²) in [6.07, 6.45) is 3.43. The second-order valence-electron chi connectivity index (χ2n) is 3.87. The predicted molar refractivity (Wildman–Crippen MR) is 49.1 cm³/mol. The fraction of sp³-hybridized carbons (Fsp3) is 1.00. The molecule has 0 aromatic heterocycles. The Morgan fingerprint density at radius 1 is 1.54 bits per heavy atom. The van der Waals surface area contributed by atoms with Gasteiger partial charge in [0.05, 0.1) is 0 Å². The molecule has 13 heavy (non-hydrogen) atoms. The maximum Gasteiger partial charge on any atom is 0.247 e. The van der Waals surface area contributed by atoms with E-state index in [9.17, 15) is 15.2 Å². The molecule has 1 N–H and O–H groups in total. The van der Waals surface area contributed by atoms with Gasteiger partial charge in [0.25, 0.3) is 0 Å². The number of aliphatic hydroxyl groups is 1. The quantitative estimate of drug-likeness (QED) is 0.538. The topological polar surface area (TPSA) is 63.4 Å². The highest BCUT2D eigenvalue weighted by Crippen LogP contribution is 2.36. The number of nitrogens with zero attached hydrogens (tertiary/aromatic N) is 1. The Hall–Kier alpha value is -0.640. The van der Waals surface area contributed by atoms with Crippen LogP contribution in [0.25, 0.3) is 0 Å². The van der Waals surface area contributed by atoms with Crippen LogP contribution in [0.4, 0.5) is 0 Å². The van der Waals surface area contributed by atoms with E-state index in [4.69, 9.17) is 0 Å². The first-order valence-corrected chi connectivity index (χ1v) is 4.96. The van der Waals surface area contributed by atoms with Gasteiger partial charge >= 0.3 is 0 Å². The number of hydrogen-bond acceptors (Lipinski definition) is 3. The average molecular weight is 187 g/mol. The lowest BCUT2D eigenvalue weighted by molar-refractivity contribution is -0.581. The minimum absolute atomic E-state index is 0.264. The van der Waals surface area contributed by atoms with Crippen molar-refractivity contribution in [2.24, 2.45) is 0 Å². The first kappa shape index (κ1) is 10.4. The molecule has 0 aliphatic heterocycles. The molecule has 0 bridgehead atoms. The molecule has 1 rings (SSSR count). The van der Waals surface area contributed by atoms with Gasteiger partial charge in [-0.15, -0.1) is 0 Å². The zero-order valence-corrected chi connectivity index (χ0v) is 8.03. The second kappa shape index (κ2) is 4.05. The average Bonchev–Trinajstić information content (AvgIpc) is 2.53. The van der Waals surface area contributed by atoms with Gasteiger partial charge in [-0.25, -0.2) is 0 Å². The molecule has 0 saturated heterocycles. The lowest BCUT2D eigenvalue weighted by Gasteiger charge is -2.25. The van der Waals surface area contributed by atoms with E-state index in [0.29, 0.717) is 19.3 Å². The van der Waals surface area contributed by atoms with E-state index in [1.54, 1.807) is 0 Å². The van der Waals surface area contributed by atoms with Gasteiger partial charge in [-0.2, -0.15) is 0 Å². The third kappa shape index (κ3) is 1.82. The van der Waals surface area contributed by atoms with Crippen molar-refractivity contribution in [2.75, 3.05) is 0 Å². The second-order valence-corrected chi connectivity index (χ2v) is 3.87. The molecular formula is C9H17NO3. The summed E-state index contributed by atoms with van der Waals surface area (Å²) < 4.78 is 0. The van der Waals surface area contributed by atoms with Gasteiger partial charge in [0.1, 0.15) is 6.10 Å². The van der Waals surface area contributed by atoms with Crippen molar-refractivity contribution in [1.82, 2.24) is 0 Å². The highest BCUT2D eigenvalue weighted by Gasteiger charge is 2.51. The number of aliphatic hydroxyl groups excluding tert-OH is 1. The van der Waals surface area contributed by atoms with Gasteiger partial charge in [-0.1, -0.05) is 13.3 Å². The van der Waals surface area contributed by atoms with E-state index in [0.717, 1.165) is 19.3 Å². The summed E-state index contributed by atoms with van der Waals surface area (Å²) in [5.41, 5.74) is -1.02. The highest BCUT2D eigenvalue weighted by molar-refractivity contribution is 4.91. The maximum absolute atomic E-state index is 10.9. The minimum Gasteiger partial charge on any atom is -0.386 e. The van der Waals surface area contributed by atoms with Gasteiger partial charge in [-0.3, -0.25) is 10.1 Å². The highest BCUT2D eigenvalue weighted by atomic mass is 16.6. The van der Waals surface area contributed by atoms with Crippen LogP contribution in [0.3, 0.4) is 0 Å². The van der Waals surface area contributed by atoms with Crippen LogP contribution in [0, 0.1) is 10.1 Å². The standard InChI is InChI=1S/C9H17NO3/c1-2-5-8(11)9(10(12)13)6-3-4-7-9/h8,11H,2-7H2,1H3. The van der Waals surface area contributed by atoms with Crippen LogP contribution in [0.1, 0.15) is 45.4 Å². The molecule has 0 aromatic carbocycles. The Bertz CT molecular complexity index is 187.